The molecule has 3 aromatic rings. The van der Waals surface area contributed by atoms with Crippen molar-refractivity contribution in [3.05, 3.63) is 53.1 Å². The zero-order chi connectivity index (χ0) is 25.8. The molecule has 0 saturated carbocycles. The molecule has 2 aromatic carbocycles. The number of hydrogen-bond donors (Lipinski definition) is 4. The summed E-state index contributed by atoms with van der Waals surface area (Å²) >= 11 is 0. The molecule has 0 radical (unpaired) electrons. The smallest absolute Gasteiger partial charge is 0.258 e. The van der Waals surface area contributed by atoms with Gasteiger partial charge >= 0.3 is 0 Å². The molecule has 1 heterocycles. The Balaban J connectivity index is 1.52. The van der Waals surface area contributed by atoms with Gasteiger partial charge in [-0.2, -0.15) is 10.2 Å². The predicted octanol–water partition coefficient (Wildman–Crippen LogP) is 3.13. The molecule has 0 spiro atoms. The van der Waals surface area contributed by atoms with Gasteiger partial charge in [0.2, 0.25) is 5.82 Å². The van der Waals surface area contributed by atoms with Crippen LogP contribution in [0.3, 0.4) is 0 Å². The van der Waals surface area contributed by atoms with Crippen molar-refractivity contribution in [2.75, 3.05) is 6.54 Å². The van der Waals surface area contributed by atoms with Crippen LogP contribution in [0.15, 0.2) is 40.9 Å². The van der Waals surface area contributed by atoms with Gasteiger partial charge in [-0.1, -0.05) is 30.3 Å². The highest BCUT2D eigenvalue weighted by atomic mass is 16.5. The molecule has 9 heteroatoms. The number of nitrogens with one attached hydrogen (secondary N) is 1. The molecule has 1 aliphatic rings. The van der Waals surface area contributed by atoms with Crippen molar-refractivity contribution < 1.29 is 24.6 Å². The van der Waals surface area contributed by atoms with Gasteiger partial charge in [0.1, 0.15) is 17.9 Å². The van der Waals surface area contributed by atoms with Gasteiger partial charge in [-0.05, 0) is 62.4 Å². The number of nitriles is 1. The van der Waals surface area contributed by atoms with E-state index in [9.17, 15) is 20.6 Å². The van der Waals surface area contributed by atoms with Crippen molar-refractivity contribution in [1.82, 2.24) is 15.5 Å². The number of benzene rings is 2. The van der Waals surface area contributed by atoms with E-state index >= 15 is 0 Å². The Kier molecular flexibility index (Phi) is 8.01. The Labute approximate surface area is 210 Å². The summed E-state index contributed by atoms with van der Waals surface area (Å²) in [6, 6.07) is 13.3. The molecule has 0 saturated heterocycles. The average Bonchev–Trinajstić information content (AvgIpc) is 3.54. The maximum absolute atomic E-state index is 10.2. The lowest BCUT2D eigenvalue weighted by molar-refractivity contribution is -0.0593. The molecule has 0 unspecified atom stereocenters. The number of nitrogens with zero attached hydrogens (tertiary/aromatic N) is 3. The molecule has 36 heavy (non-hydrogen) atoms. The number of rotatable bonds is 10. The summed E-state index contributed by atoms with van der Waals surface area (Å²) in [4.78, 5) is 4.60. The van der Waals surface area contributed by atoms with Gasteiger partial charge in [0.15, 0.2) is 0 Å². The number of aliphatic hydroxyl groups excluding tert-OH is 3. The summed E-state index contributed by atoms with van der Waals surface area (Å²) < 4.78 is 11.2. The van der Waals surface area contributed by atoms with Crippen molar-refractivity contribution in [2.24, 2.45) is 0 Å². The van der Waals surface area contributed by atoms with Crippen LogP contribution in [0.2, 0.25) is 0 Å². The van der Waals surface area contributed by atoms with Crippen LogP contribution < -0.4 is 10.1 Å². The van der Waals surface area contributed by atoms with E-state index in [-0.39, 0.29) is 18.7 Å². The van der Waals surface area contributed by atoms with E-state index < -0.39 is 18.3 Å². The van der Waals surface area contributed by atoms with Crippen LogP contribution in [0.5, 0.6) is 5.75 Å². The van der Waals surface area contributed by atoms with Gasteiger partial charge in [0.05, 0.1) is 23.9 Å². The molecular formula is C27H32N4O5. The van der Waals surface area contributed by atoms with Crippen molar-refractivity contribution in [3.8, 4) is 34.7 Å². The maximum atomic E-state index is 10.2. The fourth-order valence-corrected chi connectivity index (χ4v) is 4.51. The summed E-state index contributed by atoms with van der Waals surface area (Å²) in [7, 11) is 0. The van der Waals surface area contributed by atoms with Crippen LogP contribution in [0, 0.1) is 11.3 Å². The molecule has 1 aromatic heterocycles. The number of hydrogen-bond acceptors (Lipinski definition) is 9. The minimum atomic E-state index is -1.19. The molecule has 4 rings (SSSR count). The largest absolute Gasteiger partial charge is 0.490 e. The lowest BCUT2D eigenvalue weighted by Gasteiger charge is -2.24. The van der Waals surface area contributed by atoms with Crippen molar-refractivity contribution in [3.63, 3.8) is 0 Å². The second-order valence-electron chi connectivity index (χ2n) is 9.32. The first-order valence-electron chi connectivity index (χ1n) is 12.3. The highest BCUT2D eigenvalue weighted by molar-refractivity contribution is 5.67. The minimum absolute atomic E-state index is 0.00127. The van der Waals surface area contributed by atoms with Crippen LogP contribution in [-0.4, -0.2) is 56.4 Å². The topological polar surface area (TPSA) is 145 Å². The van der Waals surface area contributed by atoms with E-state index in [0.717, 1.165) is 29.5 Å². The average molecular weight is 493 g/mol. The lowest BCUT2D eigenvalue weighted by Crippen LogP contribution is -2.43. The second kappa shape index (κ2) is 11.2. The monoisotopic (exact) mass is 492 g/mol. The molecule has 0 amide bonds. The number of fused-ring (bicyclic) bond motifs is 1. The van der Waals surface area contributed by atoms with E-state index in [2.05, 4.69) is 21.5 Å². The highest BCUT2D eigenvalue weighted by Crippen LogP contribution is 2.37. The maximum Gasteiger partial charge on any atom is 0.258 e. The predicted molar refractivity (Wildman–Crippen MR) is 133 cm³/mol. The van der Waals surface area contributed by atoms with E-state index in [0.29, 0.717) is 35.0 Å². The zero-order valence-electron chi connectivity index (χ0n) is 20.7. The number of aliphatic hydroxyl groups is 3. The SMILES string of the molecule is CC[C@@H](O)[C@@H](O)[C@H](O)CN[C@H]1CCc2c(-c3noc(-c4ccc(OC(C)C)c(C#N)c4)n3)cccc21. The highest BCUT2D eigenvalue weighted by Gasteiger charge is 2.29. The molecule has 190 valence electrons. The molecule has 0 fully saturated rings. The molecule has 9 nitrogen and oxygen atoms in total. The third kappa shape index (κ3) is 5.42. The Hall–Kier alpha value is -3.29. The molecule has 4 atom stereocenters. The van der Waals surface area contributed by atoms with Crippen LogP contribution in [-0.2, 0) is 6.42 Å². The van der Waals surface area contributed by atoms with Gasteiger partial charge < -0.3 is 29.9 Å². The number of aromatic nitrogens is 2. The first-order chi connectivity index (χ1) is 17.3. The van der Waals surface area contributed by atoms with E-state index in [1.807, 2.05) is 32.0 Å². The Morgan fingerprint density at radius 3 is 2.72 bits per heavy atom. The molecule has 1 aliphatic carbocycles. The van der Waals surface area contributed by atoms with E-state index in [4.69, 9.17) is 9.26 Å². The van der Waals surface area contributed by atoms with E-state index in [1.165, 1.54) is 0 Å². The Morgan fingerprint density at radius 2 is 2.00 bits per heavy atom. The summed E-state index contributed by atoms with van der Waals surface area (Å²) in [5, 5.41) is 47.1. The zero-order valence-corrected chi connectivity index (χ0v) is 20.7. The third-order valence-corrected chi connectivity index (χ3v) is 6.43. The first kappa shape index (κ1) is 25.8. The molecular weight excluding hydrogens is 460 g/mol. The fraction of sp³-hybridized carbons (Fsp3) is 0.444. The third-order valence-electron chi connectivity index (χ3n) is 6.43. The second-order valence-corrected chi connectivity index (χ2v) is 9.32. The van der Waals surface area contributed by atoms with Crippen LogP contribution in [0.25, 0.3) is 22.8 Å². The summed E-state index contributed by atoms with van der Waals surface area (Å²) in [5.41, 5.74) is 4.08. The van der Waals surface area contributed by atoms with Crippen LogP contribution in [0.1, 0.15) is 56.3 Å². The Bertz CT molecular complexity index is 1240. The molecule has 4 N–H and O–H groups in total. The quantitative estimate of drug-likeness (QED) is 0.335. The molecule has 0 bridgehead atoms. The van der Waals surface area contributed by atoms with Crippen molar-refractivity contribution in [2.45, 2.75) is 70.5 Å². The van der Waals surface area contributed by atoms with E-state index in [1.54, 1.807) is 25.1 Å². The minimum Gasteiger partial charge on any atom is -0.490 e. The summed E-state index contributed by atoms with van der Waals surface area (Å²) in [5.74, 6) is 1.29. The first-order valence-corrected chi connectivity index (χ1v) is 12.3. The molecule has 0 aliphatic heterocycles. The van der Waals surface area contributed by atoms with Crippen molar-refractivity contribution >= 4 is 0 Å². The van der Waals surface area contributed by atoms with Crippen LogP contribution in [0.4, 0.5) is 0 Å². The van der Waals surface area contributed by atoms with Crippen molar-refractivity contribution in [1.29, 1.82) is 5.26 Å². The normalized spacial score (nSPS) is 17.4. The standard InChI is InChI=1S/C27H32N4O5/c1-4-22(32)25(34)23(33)14-29-21-10-9-18-19(21)6-5-7-20(18)26-30-27(36-31-26)16-8-11-24(35-15(2)3)17(12-16)13-28/h5-8,11-12,15,21-23,25,29,32-34H,4,9-10,14H2,1-3H3/t21-,22+,23+,25+/m0/s1. The summed E-state index contributed by atoms with van der Waals surface area (Å²) in [6.45, 7) is 5.72. The lowest BCUT2D eigenvalue weighted by atomic mass is 10.0. The van der Waals surface area contributed by atoms with Gasteiger partial charge in [0.25, 0.3) is 5.89 Å². The van der Waals surface area contributed by atoms with Gasteiger partial charge in [-0.15, -0.1) is 0 Å². The van der Waals surface area contributed by atoms with Gasteiger partial charge in [-0.25, -0.2) is 0 Å². The number of ether oxygens (including phenoxy) is 1. The Morgan fingerprint density at radius 1 is 1.19 bits per heavy atom. The summed E-state index contributed by atoms with van der Waals surface area (Å²) in [6.07, 6.45) is -1.29. The van der Waals surface area contributed by atoms with Gasteiger partial charge in [0, 0.05) is 23.7 Å². The fourth-order valence-electron chi connectivity index (χ4n) is 4.51. The van der Waals surface area contributed by atoms with Crippen LogP contribution >= 0.6 is 0 Å². The van der Waals surface area contributed by atoms with Gasteiger partial charge in [-0.3, -0.25) is 0 Å².